The van der Waals surface area contributed by atoms with E-state index in [9.17, 15) is 10.1 Å². The summed E-state index contributed by atoms with van der Waals surface area (Å²) < 4.78 is 5.98. The first-order chi connectivity index (χ1) is 15.5. The maximum atomic E-state index is 13.1. The Kier molecular flexibility index (Phi) is 6.96. The molecule has 6 nitrogen and oxygen atoms in total. The van der Waals surface area contributed by atoms with Crippen LogP contribution in [0.25, 0.3) is 0 Å². The summed E-state index contributed by atoms with van der Waals surface area (Å²) >= 11 is 0. The molecule has 0 radical (unpaired) electrons. The summed E-state index contributed by atoms with van der Waals surface area (Å²) in [7, 11) is 0. The third kappa shape index (κ3) is 5.60. The van der Waals surface area contributed by atoms with Crippen LogP contribution in [0.1, 0.15) is 32.3 Å². The standard InChI is InChI=1S/C26H32N4O2/c1-19(2)25(32-24-9-4-3-6-21(24)17-27)26(31)28-22-7-5-8-23(16-22)30-14-12-29(13-15-30)18-20-10-11-20/h3-9,16,19-20,25H,10-15,18H2,1-2H3,(H,28,31). The second kappa shape index (κ2) is 10.1. The van der Waals surface area contributed by atoms with Gasteiger partial charge in [-0.15, -0.1) is 0 Å². The van der Waals surface area contributed by atoms with Gasteiger partial charge in [0, 0.05) is 44.1 Å². The number of hydrogen-bond donors (Lipinski definition) is 1. The molecule has 2 aliphatic rings. The Hall–Kier alpha value is -3.04. The van der Waals surface area contributed by atoms with Gasteiger partial charge in [-0.3, -0.25) is 9.69 Å². The lowest BCUT2D eigenvalue weighted by molar-refractivity contribution is -0.124. The van der Waals surface area contributed by atoms with Gasteiger partial charge in [-0.05, 0) is 55.0 Å². The topological polar surface area (TPSA) is 68.6 Å². The molecule has 168 valence electrons. The van der Waals surface area contributed by atoms with Crippen molar-refractivity contribution in [3.63, 3.8) is 0 Å². The van der Waals surface area contributed by atoms with Crippen molar-refractivity contribution < 1.29 is 9.53 Å². The maximum Gasteiger partial charge on any atom is 0.265 e. The molecule has 2 aromatic rings. The van der Waals surface area contributed by atoms with Crippen molar-refractivity contribution in [1.29, 1.82) is 5.26 Å². The number of benzene rings is 2. The van der Waals surface area contributed by atoms with E-state index in [1.54, 1.807) is 24.3 Å². The highest BCUT2D eigenvalue weighted by atomic mass is 16.5. The minimum atomic E-state index is -0.695. The highest BCUT2D eigenvalue weighted by Crippen LogP contribution is 2.30. The molecule has 1 N–H and O–H groups in total. The number of hydrogen-bond acceptors (Lipinski definition) is 5. The van der Waals surface area contributed by atoms with Crippen LogP contribution in [-0.4, -0.2) is 49.6 Å². The fourth-order valence-electron chi connectivity index (χ4n) is 4.14. The minimum absolute atomic E-state index is 0.0514. The minimum Gasteiger partial charge on any atom is -0.479 e. The van der Waals surface area contributed by atoms with Gasteiger partial charge in [-0.25, -0.2) is 0 Å². The van der Waals surface area contributed by atoms with Crippen LogP contribution < -0.4 is 15.0 Å². The molecule has 1 saturated heterocycles. The normalized spacial score (nSPS) is 17.6. The Morgan fingerprint density at radius 1 is 1.12 bits per heavy atom. The highest BCUT2D eigenvalue weighted by molar-refractivity contribution is 5.95. The van der Waals surface area contributed by atoms with Crippen LogP contribution >= 0.6 is 0 Å². The first kappa shape index (κ1) is 22.2. The molecule has 1 unspecified atom stereocenters. The van der Waals surface area contributed by atoms with Gasteiger partial charge in [-0.2, -0.15) is 5.26 Å². The summed E-state index contributed by atoms with van der Waals surface area (Å²) in [6.07, 6.45) is 2.09. The van der Waals surface area contributed by atoms with Gasteiger partial charge in [0.2, 0.25) is 0 Å². The first-order valence-corrected chi connectivity index (χ1v) is 11.6. The first-order valence-electron chi connectivity index (χ1n) is 11.6. The Morgan fingerprint density at radius 3 is 2.56 bits per heavy atom. The van der Waals surface area contributed by atoms with Gasteiger partial charge >= 0.3 is 0 Å². The number of piperazine rings is 1. The molecular formula is C26H32N4O2. The van der Waals surface area contributed by atoms with Crippen molar-refractivity contribution in [3.05, 3.63) is 54.1 Å². The van der Waals surface area contributed by atoms with Gasteiger partial charge in [-0.1, -0.05) is 32.0 Å². The Balaban J connectivity index is 1.39. The number of nitrogens with zero attached hydrogens (tertiary/aromatic N) is 3. The molecule has 4 rings (SSSR count). The Labute approximate surface area is 190 Å². The molecule has 1 heterocycles. The van der Waals surface area contributed by atoms with Gasteiger partial charge < -0.3 is 15.0 Å². The zero-order valence-electron chi connectivity index (χ0n) is 19.0. The van der Waals surface area contributed by atoms with Crippen LogP contribution in [0.2, 0.25) is 0 Å². The van der Waals surface area contributed by atoms with E-state index in [4.69, 9.17) is 4.74 Å². The molecule has 0 bridgehead atoms. The molecule has 0 spiro atoms. The Morgan fingerprint density at radius 2 is 1.88 bits per heavy atom. The fraction of sp³-hybridized carbons (Fsp3) is 0.462. The summed E-state index contributed by atoms with van der Waals surface area (Å²) in [6, 6.07) is 17.2. The van der Waals surface area contributed by atoms with E-state index in [1.165, 1.54) is 19.4 Å². The summed E-state index contributed by atoms with van der Waals surface area (Å²) in [6.45, 7) is 9.33. The van der Waals surface area contributed by atoms with Crippen molar-refractivity contribution >= 4 is 17.3 Å². The SMILES string of the molecule is CC(C)C(Oc1ccccc1C#N)C(=O)Nc1cccc(N2CCN(CC3CC3)CC2)c1. The number of anilines is 2. The lowest BCUT2D eigenvalue weighted by atomic mass is 10.1. The number of amides is 1. The maximum absolute atomic E-state index is 13.1. The lowest BCUT2D eigenvalue weighted by Crippen LogP contribution is -2.47. The van der Waals surface area contributed by atoms with Crippen molar-refractivity contribution in [1.82, 2.24) is 4.90 Å². The van der Waals surface area contributed by atoms with Crippen LogP contribution in [0.15, 0.2) is 48.5 Å². The lowest BCUT2D eigenvalue weighted by Gasteiger charge is -2.36. The predicted octanol–water partition coefficient (Wildman–Crippen LogP) is 4.13. The van der Waals surface area contributed by atoms with E-state index in [0.717, 1.165) is 43.5 Å². The molecule has 1 amide bonds. The van der Waals surface area contributed by atoms with Gasteiger partial charge in [0.1, 0.15) is 11.8 Å². The molecule has 0 aromatic heterocycles. The largest absolute Gasteiger partial charge is 0.479 e. The summed E-state index contributed by atoms with van der Waals surface area (Å²) in [5.74, 6) is 1.10. The number of para-hydroxylation sites is 1. The van der Waals surface area contributed by atoms with E-state index < -0.39 is 6.10 Å². The van der Waals surface area contributed by atoms with E-state index in [2.05, 4.69) is 27.3 Å². The average Bonchev–Trinajstić information content (AvgIpc) is 3.62. The zero-order chi connectivity index (χ0) is 22.5. The second-order valence-electron chi connectivity index (χ2n) is 9.16. The van der Waals surface area contributed by atoms with Crippen LogP contribution in [0.5, 0.6) is 5.75 Å². The number of rotatable bonds is 8. The second-order valence-corrected chi connectivity index (χ2v) is 9.16. The summed E-state index contributed by atoms with van der Waals surface area (Å²) in [5, 5.41) is 12.3. The van der Waals surface area contributed by atoms with Crippen molar-refractivity contribution in [2.24, 2.45) is 11.8 Å². The van der Waals surface area contributed by atoms with Gasteiger partial charge in [0.15, 0.2) is 6.10 Å². The number of ether oxygens (including phenoxy) is 1. The quantitative estimate of drug-likeness (QED) is 0.679. The van der Waals surface area contributed by atoms with Gasteiger partial charge in [0.25, 0.3) is 5.91 Å². The zero-order valence-corrected chi connectivity index (χ0v) is 19.0. The van der Waals surface area contributed by atoms with E-state index in [-0.39, 0.29) is 11.8 Å². The summed E-state index contributed by atoms with van der Waals surface area (Å²) in [5.41, 5.74) is 2.32. The number of nitriles is 1. The van der Waals surface area contributed by atoms with E-state index >= 15 is 0 Å². The smallest absolute Gasteiger partial charge is 0.265 e. The molecular weight excluding hydrogens is 400 g/mol. The number of nitrogens with one attached hydrogen (secondary N) is 1. The molecule has 32 heavy (non-hydrogen) atoms. The van der Waals surface area contributed by atoms with Crippen molar-refractivity contribution in [2.45, 2.75) is 32.8 Å². The average molecular weight is 433 g/mol. The van der Waals surface area contributed by atoms with Crippen LogP contribution in [0.4, 0.5) is 11.4 Å². The summed E-state index contributed by atoms with van der Waals surface area (Å²) in [4.78, 5) is 18.0. The third-order valence-electron chi connectivity index (χ3n) is 6.19. The molecule has 1 aliphatic carbocycles. The van der Waals surface area contributed by atoms with Crippen LogP contribution in [0.3, 0.4) is 0 Å². The third-order valence-corrected chi connectivity index (χ3v) is 6.19. The Bertz CT molecular complexity index is 972. The number of carbonyl (C=O) groups is 1. The molecule has 1 saturated carbocycles. The fourth-order valence-corrected chi connectivity index (χ4v) is 4.14. The molecule has 1 atom stereocenters. The number of carbonyl (C=O) groups excluding carboxylic acids is 1. The highest BCUT2D eigenvalue weighted by Gasteiger charge is 2.27. The van der Waals surface area contributed by atoms with Crippen molar-refractivity contribution in [2.75, 3.05) is 42.9 Å². The van der Waals surface area contributed by atoms with E-state index in [0.29, 0.717) is 11.3 Å². The van der Waals surface area contributed by atoms with Crippen LogP contribution in [-0.2, 0) is 4.79 Å². The molecule has 2 fully saturated rings. The predicted molar refractivity (Wildman–Crippen MR) is 127 cm³/mol. The van der Waals surface area contributed by atoms with Gasteiger partial charge in [0.05, 0.1) is 5.56 Å². The monoisotopic (exact) mass is 432 g/mol. The molecule has 2 aromatic carbocycles. The molecule has 6 heteroatoms. The van der Waals surface area contributed by atoms with E-state index in [1.807, 2.05) is 32.0 Å². The molecule has 1 aliphatic heterocycles. The van der Waals surface area contributed by atoms with Crippen molar-refractivity contribution in [3.8, 4) is 11.8 Å². The van der Waals surface area contributed by atoms with Crippen LogP contribution in [0, 0.1) is 23.2 Å².